The second-order valence-electron chi connectivity index (χ2n) is 6.43. The van der Waals surface area contributed by atoms with Gasteiger partial charge in [-0.3, -0.25) is 14.5 Å². The highest BCUT2D eigenvalue weighted by Crippen LogP contribution is 2.20. The Morgan fingerprint density at radius 2 is 2.12 bits per heavy atom. The summed E-state index contributed by atoms with van der Waals surface area (Å²) >= 11 is 0. The highest BCUT2D eigenvalue weighted by atomic mass is 16.2. The molecule has 0 aliphatic carbocycles. The summed E-state index contributed by atoms with van der Waals surface area (Å²) in [5, 5.41) is 3.07. The molecule has 0 bridgehead atoms. The van der Waals surface area contributed by atoms with E-state index in [-0.39, 0.29) is 30.3 Å². The van der Waals surface area contributed by atoms with E-state index in [4.69, 9.17) is 5.73 Å². The average Bonchev–Trinajstić information content (AvgIpc) is 3.23. The van der Waals surface area contributed by atoms with Gasteiger partial charge < -0.3 is 15.6 Å². The van der Waals surface area contributed by atoms with Gasteiger partial charge in [0.1, 0.15) is 11.9 Å². The van der Waals surface area contributed by atoms with E-state index in [0.29, 0.717) is 19.5 Å². The number of benzene rings is 1. The molecule has 25 heavy (non-hydrogen) atoms. The molecule has 3 rings (SSSR count). The van der Waals surface area contributed by atoms with Crippen LogP contribution in [-0.4, -0.2) is 45.9 Å². The maximum atomic E-state index is 12.6. The van der Waals surface area contributed by atoms with Crippen molar-refractivity contribution in [3.05, 3.63) is 54.1 Å². The molecule has 1 aliphatic rings. The molecule has 0 unspecified atom stereocenters. The van der Waals surface area contributed by atoms with Crippen LogP contribution in [0.1, 0.15) is 23.9 Å². The quantitative estimate of drug-likeness (QED) is 0.797. The fourth-order valence-corrected chi connectivity index (χ4v) is 3.22. The van der Waals surface area contributed by atoms with E-state index in [1.807, 2.05) is 53.0 Å². The molecule has 132 valence electrons. The molecule has 2 atom stereocenters. The minimum atomic E-state index is -0.316. The lowest BCUT2D eigenvalue weighted by molar-refractivity contribution is -0.124. The number of amides is 2. The van der Waals surface area contributed by atoms with Crippen molar-refractivity contribution in [2.45, 2.75) is 12.5 Å². The highest BCUT2D eigenvalue weighted by molar-refractivity contribution is 5.80. The molecule has 1 aliphatic heterocycles. The van der Waals surface area contributed by atoms with Crippen molar-refractivity contribution in [3.63, 3.8) is 0 Å². The Hall–Kier alpha value is -2.67. The van der Waals surface area contributed by atoms with E-state index >= 15 is 0 Å². The standard InChI is InChI=1S/C18H23N5O2/c1-22-10-8-20-18(22)16(13-5-3-2-4-6-13)21-15(24)12-23-9-7-14(11-23)17(19)25/h2-6,8,10,14,16H,7,9,11-12H2,1H3,(H2,19,25)(H,21,24)/t14-,16+/m1/s1. The lowest BCUT2D eigenvalue weighted by atomic mass is 10.1. The van der Waals surface area contributed by atoms with Gasteiger partial charge in [0.05, 0.1) is 12.5 Å². The Morgan fingerprint density at radius 1 is 1.36 bits per heavy atom. The van der Waals surface area contributed by atoms with Crippen LogP contribution in [-0.2, 0) is 16.6 Å². The summed E-state index contributed by atoms with van der Waals surface area (Å²) in [6.07, 6.45) is 4.29. The number of hydrogen-bond donors (Lipinski definition) is 2. The number of nitrogens with one attached hydrogen (secondary N) is 1. The van der Waals surface area contributed by atoms with E-state index in [1.54, 1.807) is 6.20 Å². The monoisotopic (exact) mass is 341 g/mol. The molecule has 1 aromatic carbocycles. The number of primary amides is 1. The first-order valence-electron chi connectivity index (χ1n) is 8.38. The Bertz CT molecular complexity index is 743. The van der Waals surface area contributed by atoms with Gasteiger partial charge in [0.25, 0.3) is 0 Å². The van der Waals surface area contributed by atoms with Crippen molar-refractivity contribution >= 4 is 11.8 Å². The number of carbonyl (C=O) groups excluding carboxylic acids is 2. The van der Waals surface area contributed by atoms with Gasteiger partial charge in [-0.2, -0.15) is 0 Å². The van der Waals surface area contributed by atoms with Crippen LogP contribution in [0.15, 0.2) is 42.7 Å². The molecule has 0 spiro atoms. The van der Waals surface area contributed by atoms with Crippen molar-refractivity contribution < 1.29 is 9.59 Å². The van der Waals surface area contributed by atoms with Crippen LogP contribution in [0, 0.1) is 5.92 Å². The van der Waals surface area contributed by atoms with Crippen LogP contribution in [0.25, 0.3) is 0 Å². The van der Waals surface area contributed by atoms with Crippen LogP contribution in [0.3, 0.4) is 0 Å². The zero-order valence-corrected chi connectivity index (χ0v) is 14.3. The minimum Gasteiger partial charge on any atom is -0.369 e. The van der Waals surface area contributed by atoms with Crippen LogP contribution in [0.2, 0.25) is 0 Å². The molecule has 2 aromatic rings. The third kappa shape index (κ3) is 4.06. The van der Waals surface area contributed by atoms with Gasteiger partial charge in [0.2, 0.25) is 11.8 Å². The van der Waals surface area contributed by atoms with Crippen LogP contribution in [0.4, 0.5) is 0 Å². The summed E-state index contributed by atoms with van der Waals surface area (Å²) in [4.78, 5) is 30.2. The summed E-state index contributed by atoms with van der Waals surface area (Å²) in [5.74, 6) is 0.225. The van der Waals surface area contributed by atoms with Gasteiger partial charge in [0, 0.05) is 26.0 Å². The number of likely N-dealkylation sites (tertiary alicyclic amines) is 1. The van der Waals surface area contributed by atoms with E-state index in [1.165, 1.54) is 0 Å². The first-order valence-corrected chi connectivity index (χ1v) is 8.38. The summed E-state index contributed by atoms with van der Waals surface area (Å²) in [6.45, 7) is 1.50. The SMILES string of the molecule is Cn1ccnc1[C@@H](NC(=O)CN1CC[C@@H](C(N)=O)C1)c1ccccc1. The predicted molar refractivity (Wildman–Crippen MR) is 93.4 cm³/mol. The molecule has 1 fully saturated rings. The lowest BCUT2D eigenvalue weighted by Crippen LogP contribution is -2.39. The van der Waals surface area contributed by atoms with Gasteiger partial charge in [-0.15, -0.1) is 0 Å². The highest BCUT2D eigenvalue weighted by Gasteiger charge is 2.28. The van der Waals surface area contributed by atoms with Crippen molar-refractivity contribution in [3.8, 4) is 0 Å². The topological polar surface area (TPSA) is 93.2 Å². The number of carbonyl (C=O) groups is 2. The van der Waals surface area contributed by atoms with E-state index in [2.05, 4.69) is 10.3 Å². The fourth-order valence-electron chi connectivity index (χ4n) is 3.22. The Kier molecular flexibility index (Phi) is 5.14. The van der Waals surface area contributed by atoms with Crippen molar-refractivity contribution in [1.82, 2.24) is 19.8 Å². The summed E-state index contributed by atoms with van der Waals surface area (Å²) in [5.41, 5.74) is 6.32. The zero-order chi connectivity index (χ0) is 17.8. The summed E-state index contributed by atoms with van der Waals surface area (Å²) in [7, 11) is 1.91. The van der Waals surface area contributed by atoms with Gasteiger partial charge in [-0.25, -0.2) is 4.98 Å². The molecule has 1 aromatic heterocycles. The van der Waals surface area contributed by atoms with Gasteiger partial charge in [-0.05, 0) is 18.5 Å². The van der Waals surface area contributed by atoms with Gasteiger partial charge in [-0.1, -0.05) is 30.3 Å². The summed E-state index contributed by atoms with van der Waals surface area (Å²) in [6, 6.07) is 9.44. The fraction of sp³-hybridized carbons (Fsp3) is 0.389. The number of aryl methyl sites for hydroxylation is 1. The number of rotatable bonds is 6. The molecular formula is C18H23N5O2. The van der Waals surface area contributed by atoms with Crippen molar-refractivity contribution in [1.29, 1.82) is 0 Å². The van der Waals surface area contributed by atoms with E-state index < -0.39 is 0 Å². The third-order valence-corrected chi connectivity index (χ3v) is 4.60. The van der Waals surface area contributed by atoms with Crippen LogP contribution >= 0.6 is 0 Å². The normalized spacial score (nSPS) is 18.8. The number of aromatic nitrogens is 2. The minimum absolute atomic E-state index is 0.0954. The molecule has 0 radical (unpaired) electrons. The maximum absolute atomic E-state index is 12.6. The Balaban J connectivity index is 1.70. The Morgan fingerprint density at radius 3 is 2.72 bits per heavy atom. The molecule has 7 nitrogen and oxygen atoms in total. The first kappa shape index (κ1) is 17.2. The van der Waals surface area contributed by atoms with E-state index in [9.17, 15) is 9.59 Å². The number of imidazole rings is 1. The maximum Gasteiger partial charge on any atom is 0.235 e. The second kappa shape index (κ2) is 7.48. The molecule has 7 heteroatoms. The largest absolute Gasteiger partial charge is 0.369 e. The molecular weight excluding hydrogens is 318 g/mol. The van der Waals surface area contributed by atoms with Crippen LogP contribution < -0.4 is 11.1 Å². The third-order valence-electron chi connectivity index (χ3n) is 4.60. The number of nitrogens with zero attached hydrogens (tertiary/aromatic N) is 3. The summed E-state index contributed by atoms with van der Waals surface area (Å²) < 4.78 is 1.90. The number of hydrogen-bond acceptors (Lipinski definition) is 4. The zero-order valence-electron chi connectivity index (χ0n) is 14.3. The molecule has 3 N–H and O–H groups in total. The Labute approximate surface area is 146 Å². The average molecular weight is 341 g/mol. The molecule has 0 saturated carbocycles. The smallest absolute Gasteiger partial charge is 0.235 e. The van der Waals surface area contributed by atoms with Crippen LogP contribution in [0.5, 0.6) is 0 Å². The number of nitrogens with two attached hydrogens (primary N) is 1. The van der Waals surface area contributed by atoms with E-state index in [0.717, 1.165) is 11.4 Å². The lowest BCUT2D eigenvalue weighted by Gasteiger charge is -2.21. The first-order chi connectivity index (χ1) is 12.0. The molecule has 2 heterocycles. The molecule has 1 saturated heterocycles. The van der Waals surface area contributed by atoms with Gasteiger partial charge in [0.15, 0.2) is 0 Å². The molecule has 2 amide bonds. The van der Waals surface area contributed by atoms with Crippen molar-refractivity contribution in [2.75, 3.05) is 19.6 Å². The van der Waals surface area contributed by atoms with Crippen molar-refractivity contribution in [2.24, 2.45) is 18.7 Å². The second-order valence-corrected chi connectivity index (χ2v) is 6.43. The van der Waals surface area contributed by atoms with Gasteiger partial charge >= 0.3 is 0 Å². The predicted octanol–water partition coefficient (Wildman–Crippen LogP) is 0.433.